The first kappa shape index (κ1) is 17.7. The molecule has 140 valence electrons. The molecule has 0 saturated carbocycles. The first-order valence-corrected chi connectivity index (χ1v) is 9.12. The second-order valence-electron chi connectivity index (χ2n) is 6.55. The largest absolute Gasteiger partial charge is 0.489 e. The van der Waals surface area contributed by atoms with Crippen molar-refractivity contribution in [3.63, 3.8) is 0 Å². The number of rotatable bonds is 5. The number of hydrogen-bond acceptors (Lipinski definition) is 5. The first-order chi connectivity index (χ1) is 13.7. The number of benzene rings is 2. The minimum Gasteiger partial charge on any atom is -0.489 e. The molecule has 1 aliphatic rings. The highest BCUT2D eigenvalue weighted by Gasteiger charge is 2.34. The number of ether oxygens (including phenoxy) is 2. The fraction of sp³-hybridized carbons (Fsp3) is 0.182. The first-order valence-electron chi connectivity index (χ1n) is 9.12. The van der Waals surface area contributed by atoms with E-state index in [-0.39, 0.29) is 11.8 Å². The van der Waals surface area contributed by atoms with Gasteiger partial charge in [-0.1, -0.05) is 49.4 Å². The lowest BCUT2D eigenvalue weighted by Crippen LogP contribution is -2.21. The Bertz CT molecular complexity index is 1060. The predicted octanol–water partition coefficient (Wildman–Crippen LogP) is 3.77. The fourth-order valence-electron chi connectivity index (χ4n) is 3.44. The van der Waals surface area contributed by atoms with E-state index in [1.54, 1.807) is 0 Å². The third-order valence-electron chi connectivity index (χ3n) is 4.81. The number of hydrogen-bond donors (Lipinski definition) is 2. The van der Waals surface area contributed by atoms with Crippen molar-refractivity contribution in [2.24, 2.45) is 5.73 Å². The van der Waals surface area contributed by atoms with Gasteiger partial charge in [0.05, 0.1) is 5.92 Å². The summed E-state index contributed by atoms with van der Waals surface area (Å²) in [5.41, 5.74) is 10.2. The molecule has 2 aromatic carbocycles. The van der Waals surface area contributed by atoms with Gasteiger partial charge in [0.2, 0.25) is 11.8 Å². The predicted molar refractivity (Wildman–Crippen MR) is 104 cm³/mol. The second kappa shape index (κ2) is 7.49. The van der Waals surface area contributed by atoms with Gasteiger partial charge in [0.15, 0.2) is 0 Å². The Balaban J connectivity index is 1.70. The van der Waals surface area contributed by atoms with Gasteiger partial charge in [0, 0.05) is 11.3 Å². The van der Waals surface area contributed by atoms with Crippen molar-refractivity contribution < 1.29 is 9.47 Å². The lowest BCUT2D eigenvalue weighted by Gasteiger charge is -2.24. The van der Waals surface area contributed by atoms with Crippen molar-refractivity contribution in [2.45, 2.75) is 25.9 Å². The van der Waals surface area contributed by atoms with Crippen LogP contribution < -0.4 is 15.2 Å². The van der Waals surface area contributed by atoms with E-state index in [1.165, 1.54) is 0 Å². The quantitative estimate of drug-likeness (QED) is 0.710. The summed E-state index contributed by atoms with van der Waals surface area (Å²) < 4.78 is 11.5. The van der Waals surface area contributed by atoms with Gasteiger partial charge in [-0.05, 0) is 29.7 Å². The maximum Gasteiger partial charge on any atom is 0.244 e. The molecule has 2 heterocycles. The maximum atomic E-state index is 9.71. The average Bonchev–Trinajstić information content (AvgIpc) is 3.14. The van der Waals surface area contributed by atoms with E-state index in [1.807, 2.05) is 61.5 Å². The van der Waals surface area contributed by atoms with Crippen LogP contribution in [0.25, 0.3) is 0 Å². The van der Waals surface area contributed by atoms with Crippen LogP contribution in [0.5, 0.6) is 11.6 Å². The summed E-state index contributed by atoms with van der Waals surface area (Å²) in [6, 6.07) is 19.9. The lowest BCUT2D eigenvalue weighted by atomic mass is 9.83. The number of nitrogens with two attached hydrogens (primary N) is 1. The number of nitriles is 1. The van der Waals surface area contributed by atoms with Crippen LogP contribution in [0.2, 0.25) is 0 Å². The molecule has 6 heteroatoms. The molecule has 0 amide bonds. The lowest BCUT2D eigenvalue weighted by molar-refractivity contribution is 0.306. The molecule has 0 aliphatic carbocycles. The van der Waals surface area contributed by atoms with Crippen molar-refractivity contribution >= 4 is 0 Å². The molecule has 28 heavy (non-hydrogen) atoms. The molecule has 4 rings (SSSR count). The Hall–Kier alpha value is -3.72. The Morgan fingerprint density at radius 1 is 1.21 bits per heavy atom. The number of nitrogens with zero attached hydrogens (tertiary/aromatic N) is 2. The van der Waals surface area contributed by atoms with Gasteiger partial charge in [-0.2, -0.15) is 5.26 Å². The fourth-order valence-corrected chi connectivity index (χ4v) is 3.44. The summed E-state index contributed by atoms with van der Waals surface area (Å²) in [4.78, 5) is 0. The van der Waals surface area contributed by atoms with Gasteiger partial charge in [0.25, 0.3) is 0 Å². The molecule has 0 fully saturated rings. The monoisotopic (exact) mass is 372 g/mol. The number of aromatic amines is 1. The number of nitrogens with one attached hydrogen (secondary N) is 1. The maximum absolute atomic E-state index is 9.71. The smallest absolute Gasteiger partial charge is 0.244 e. The zero-order valence-corrected chi connectivity index (χ0v) is 15.5. The summed E-state index contributed by atoms with van der Waals surface area (Å²) in [6.45, 7) is 2.50. The highest BCUT2D eigenvalue weighted by atomic mass is 16.5. The third kappa shape index (κ3) is 3.19. The number of aryl methyl sites for hydroxylation is 1. The molecule has 1 aliphatic heterocycles. The summed E-state index contributed by atoms with van der Waals surface area (Å²) in [7, 11) is 0. The van der Waals surface area contributed by atoms with Crippen molar-refractivity contribution in [2.75, 3.05) is 0 Å². The van der Waals surface area contributed by atoms with Crippen molar-refractivity contribution in [1.82, 2.24) is 10.2 Å². The van der Waals surface area contributed by atoms with Gasteiger partial charge in [0.1, 0.15) is 24.0 Å². The summed E-state index contributed by atoms with van der Waals surface area (Å²) in [5, 5.41) is 16.9. The second-order valence-corrected chi connectivity index (χ2v) is 6.55. The Labute approximate surface area is 163 Å². The van der Waals surface area contributed by atoms with E-state index in [4.69, 9.17) is 15.2 Å². The van der Waals surface area contributed by atoms with Crippen LogP contribution in [0.15, 0.2) is 66.1 Å². The third-order valence-corrected chi connectivity index (χ3v) is 4.81. The van der Waals surface area contributed by atoms with E-state index in [2.05, 4.69) is 16.3 Å². The van der Waals surface area contributed by atoms with Gasteiger partial charge in [-0.15, -0.1) is 5.10 Å². The molecule has 0 unspecified atom stereocenters. The normalized spacial score (nSPS) is 15.5. The van der Waals surface area contributed by atoms with E-state index >= 15 is 0 Å². The zero-order chi connectivity index (χ0) is 19.5. The molecule has 1 aromatic heterocycles. The topological polar surface area (TPSA) is 97.0 Å². The molecule has 0 saturated heterocycles. The van der Waals surface area contributed by atoms with Crippen LogP contribution in [0, 0.1) is 11.3 Å². The van der Waals surface area contributed by atoms with E-state index < -0.39 is 0 Å². The van der Waals surface area contributed by atoms with Crippen LogP contribution in [0.4, 0.5) is 0 Å². The van der Waals surface area contributed by atoms with Crippen LogP contribution in [-0.2, 0) is 13.0 Å². The number of allylic oxidation sites excluding steroid dienone is 1. The summed E-state index contributed by atoms with van der Waals surface area (Å²) in [5.74, 6) is 0.897. The van der Waals surface area contributed by atoms with E-state index in [9.17, 15) is 5.26 Å². The number of H-pyrrole nitrogens is 1. The van der Waals surface area contributed by atoms with Crippen molar-refractivity contribution in [1.29, 1.82) is 5.26 Å². The SMILES string of the molecule is CCc1[nH]nc2c1[C@H](c1cccc(OCc3ccccc3)c1)C(C#N)=C(N)O2. The molecule has 1 atom stereocenters. The van der Waals surface area contributed by atoms with E-state index in [0.29, 0.717) is 18.1 Å². The molecule has 0 spiro atoms. The molecular weight excluding hydrogens is 352 g/mol. The minimum absolute atomic E-state index is 0.0877. The standard InChI is InChI=1S/C22H20N4O2/c1-2-18-20-19(17(12-23)21(24)28-22(20)26-25-18)15-9-6-10-16(11-15)27-13-14-7-4-3-5-8-14/h3-11,19H,2,13,24H2,1H3,(H,25,26)/t19-/m1/s1. The van der Waals surface area contributed by atoms with Crippen LogP contribution >= 0.6 is 0 Å². The zero-order valence-electron chi connectivity index (χ0n) is 15.5. The molecule has 0 bridgehead atoms. The molecular formula is C22H20N4O2. The van der Waals surface area contributed by atoms with Gasteiger partial charge < -0.3 is 15.2 Å². The Morgan fingerprint density at radius 3 is 2.79 bits per heavy atom. The summed E-state index contributed by atoms with van der Waals surface area (Å²) in [6.07, 6.45) is 0.741. The molecule has 3 N–H and O–H groups in total. The van der Waals surface area contributed by atoms with Crippen molar-refractivity contribution in [3.8, 4) is 17.7 Å². The molecule has 3 aromatic rings. The van der Waals surface area contributed by atoms with Crippen LogP contribution in [0.1, 0.15) is 35.2 Å². The average molecular weight is 372 g/mol. The van der Waals surface area contributed by atoms with Gasteiger partial charge in [-0.3, -0.25) is 5.10 Å². The van der Waals surface area contributed by atoms with Gasteiger partial charge >= 0.3 is 0 Å². The highest BCUT2D eigenvalue weighted by molar-refractivity contribution is 5.55. The Kier molecular flexibility index (Phi) is 4.73. The Morgan fingerprint density at radius 2 is 2.04 bits per heavy atom. The molecule has 0 radical (unpaired) electrons. The summed E-state index contributed by atoms with van der Waals surface area (Å²) >= 11 is 0. The molecule has 6 nitrogen and oxygen atoms in total. The highest BCUT2D eigenvalue weighted by Crippen LogP contribution is 2.43. The van der Waals surface area contributed by atoms with Crippen molar-refractivity contribution in [3.05, 3.63) is 88.4 Å². The van der Waals surface area contributed by atoms with E-state index in [0.717, 1.165) is 34.6 Å². The number of fused-ring (bicyclic) bond motifs is 1. The minimum atomic E-state index is -0.345. The van der Waals surface area contributed by atoms with Crippen LogP contribution in [0.3, 0.4) is 0 Å². The van der Waals surface area contributed by atoms with Gasteiger partial charge in [-0.25, -0.2) is 0 Å². The van der Waals surface area contributed by atoms with Crippen LogP contribution in [-0.4, -0.2) is 10.2 Å². The number of aromatic nitrogens is 2.